The molecule has 2 rings (SSSR count). The van der Waals surface area contributed by atoms with Crippen LogP contribution in [0.5, 0.6) is 11.5 Å². The number of carbonyl (C=O) groups is 2. The lowest BCUT2D eigenvalue weighted by molar-refractivity contribution is -0.128. The molecule has 0 atom stereocenters. The Bertz CT molecular complexity index is 944. The van der Waals surface area contributed by atoms with E-state index >= 15 is 0 Å². The minimum absolute atomic E-state index is 0.0803. The lowest BCUT2D eigenvalue weighted by Crippen LogP contribution is -2.43. The quantitative estimate of drug-likeness (QED) is 0.535. The van der Waals surface area contributed by atoms with Crippen molar-refractivity contribution in [3.8, 4) is 11.5 Å². The van der Waals surface area contributed by atoms with Gasteiger partial charge in [-0.3, -0.25) is 20.4 Å². The van der Waals surface area contributed by atoms with Crippen molar-refractivity contribution in [3.63, 3.8) is 0 Å². The molecule has 0 saturated heterocycles. The van der Waals surface area contributed by atoms with Crippen LogP contribution in [0.1, 0.15) is 74.9 Å². The van der Waals surface area contributed by atoms with Crippen LogP contribution in [0.3, 0.4) is 0 Å². The van der Waals surface area contributed by atoms with Gasteiger partial charge in [0, 0.05) is 0 Å². The Hall–Kier alpha value is -3.02. The summed E-state index contributed by atoms with van der Waals surface area (Å²) in [6, 6.07) is 7.21. The number of nitrogens with one attached hydrogen (secondary N) is 2. The number of hydrogen-bond acceptors (Lipinski definition) is 4. The van der Waals surface area contributed by atoms with E-state index in [1.807, 2.05) is 53.7 Å². The summed E-state index contributed by atoms with van der Waals surface area (Å²) in [7, 11) is 0. The Morgan fingerprint density at radius 1 is 0.688 bits per heavy atom. The predicted octanol–water partition coefficient (Wildman–Crippen LogP) is 4.24. The van der Waals surface area contributed by atoms with Gasteiger partial charge in [0.15, 0.2) is 0 Å². The van der Waals surface area contributed by atoms with Gasteiger partial charge in [-0.2, -0.15) is 0 Å². The zero-order valence-corrected chi connectivity index (χ0v) is 20.4. The number of benzene rings is 2. The molecule has 4 N–H and O–H groups in total. The van der Waals surface area contributed by atoms with Gasteiger partial charge in [0.2, 0.25) is 11.8 Å². The van der Waals surface area contributed by atoms with E-state index in [2.05, 4.69) is 10.9 Å². The van der Waals surface area contributed by atoms with Crippen molar-refractivity contribution >= 4 is 11.8 Å². The Kier molecular flexibility index (Phi) is 7.28. The van der Waals surface area contributed by atoms with Gasteiger partial charge in [0.05, 0.1) is 12.8 Å². The molecule has 0 unspecified atom stereocenters. The van der Waals surface area contributed by atoms with Gasteiger partial charge in [0.1, 0.15) is 11.5 Å². The molecule has 6 nitrogen and oxygen atoms in total. The van der Waals surface area contributed by atoms with Crippen molar-refractivity contribution < 1.29 is 19.8 Å². The highest BCUT2D eigenvalue weighted by Crippen LogP contribution is 2.35. The molecule has 0 aliphatic heterocycles. The van der Waals surface area contributed by atoms with Gasteiger partial charge in [-0.05, 0) is 58.1 Å². The average Bonchev–Trinajstić information content (AvgIpc) is 2.63. The SMILES string of the molecule is Cc1cc(CC(=O)NNC(=O)Cc2cc(C)c(O)c(C(C)(C)C)c2)cc(C(C)(C)C)c1O. The van der Waals surface area contributed by atoms with Crippen LogP contribution in [0.25, 0.3) is 0 Å². The largest absolute Gasteiger partial charge is 0.507 e. The number of rotatable bonds is 4. The van der Waals surface area contributed by atoms with Crippen LogP contribution < -0.4 is 10.9 Å². The maximum absolute atomic E-state index is 12.4. The molecule has 0 aliphatic rings. The third-order valence-corrected chi connectivity index (χ3v) is 5.41. The maximum atomic E-state index is 12.4. The molecule has 0 heterocycles. The van der Waals surface area contributed by atoms with Gasteiger partial charge in [-0.15, -0.1) is 0 Å². The minimum Gasteiger partial charge on any atom is -0.507 e. The number of hydrogen-bond donors (Lipinski definition) is 4. The van der Waals surface area contributed by atoms with Crippen LogP contribution in [-0.4, -0.2) is 22.0 Å². The monoisotopic (exact) mass is 440 g/mol. The smallest absolute Gasteiger partial charge is 0.242 e. The predicted molar refractivity (Wildman–Crippen MR) is 127 cm³/mol. The normalized spacial score (nSPS) is 11.9. The van der Waals surface area contributed by atoms with Gasteiger partial charge >= 0.3 is 0 Å². The van der Waals surface area contributed by atoms with Crippen molar-refractivity contribution in [2.75, 3.05) is 0 Å². The summed E-state index contributed by atoms with van der Waals surface area (Å²) in [6.45, 7) is 15.6. The topological polar surface area (TPSA) is 98.7 Å². The summed E-state index contributed by atoms with van der Waals surface area (Å²) in [6.07, 6.45) is 0.161. The van der Waals surface area contributed by atoms with Crippen LogP contribution >= 0.6 is 0 Å². The first-order valence-electron chi connectivity index (χ1n) is 10.8. The van der Waals surface area contributed by atoms with E-state index in [0.717, 1.165) is 22.3 Å². The Morgan fingerprint density at radius 2 is 1.00 bits per heavy atom. The van der Waals surface area contributed by atoms with E-state index < -0.39 is 0 Å². The lowest BCUT2D eigenvalue weighted by Gasteiger charge is -2.23. The lowest BCUT2D eigenvalue weighted by atomic mass is 9.84. The van der Waals surface area contributed by atoms with Crippen molar-refractivity contribution in [2.45, 2.75) is 79.1 Å². The van der Waals surface area contributed by atoms with E-state index in [1.165, 1.54) is 0 Å². The number of phenolic OH excluding ortho intramolecular Hbond substituents is 2. The highest BCUT2D eigenvalue weighted by atomic mass is 16.3. The number of amides is 2. The third kappa shape index (κ3) is 6.25. The number of phenols is 2. The van der Waals surface area contributed by atoms with Crippen LogP contribution in [0.2, 0.25) is 0 Å². The Balaban J connectivity index is 2.04. The first-order valence-corrected chi connectivity index (χ1v) is 10.8. The van der Waals surface area contributed by atoms with Crippen LogP contribution in [0.15, 0.2) is 24.3 Å². The number of aryl methyl sites for hydroxylation is 2. The molecule has 174 valence electrons. The van der Waals surface area contributed by atoms with Crippen molar-refractivity contribution in [1.82, 2.24) is 10.9 Å². The summed E-state index contributed by atoms with van der Waals surface area (Å²) >= 11 is 0. The minimum atomic E-state index is -0.347. The van der Waals surface area contributed by atoms with Crippen LogP contribution in [-0.2, 0) is 33.3 Å². The van der Waals surface area contributed by atoms with Crippen molar-refractivity contribution in [3.05, 3.63) is 57.6 Å². The average molecular weight is 441 g/mol. The van der Waals surface area contributed by atoms with Crippen molar-refractivity contribution in [1.29, 1.82) is 0 Å². The third-order valence-electron chi connectivity index (χ3n) is 5.41. The van der Waals surface area contributed by atoms with Crippen molar-refractivity contribution in [2.24, 2.45) is 0 Å². The molecule has 2 amide bonds. The van der Waals surface area contributed by atoms with E-state index in [1.54, 1.807) is 26.0 Å². The Labute approximate surface area is 191 Å². The molecule has 32 heavy (non-hydrogen) atoms. The van der Waals surface area contributed by atoms with E-state index in [0.29, 0.717) is 11.1 Å². The number of hydrazine groups is 1. The summed E-state index contributed by atoms with van der Waals surface area (Å²) in [4.78, 5) is 24.8. The first-order chi connectivity index (χ1) is 14.6. The molecule has 2 aromatic rings. The molecule has 0 aliphatic carbocycles. The van der Waals surface area contributed by atoms with Gasteiger partial charge in [-0.25, -0.2) is 0 Å². The Morgan fingerprint density at radius 3 is 1.28 bits per heavy atom. The van der Waals surface area contributed by atoms with E-state index in [4.69, 9.17) is 0 Å². The number of carbonyl (C=O) groups excluding carboxylic acids is 2. The maximum Gasteiger partial charge on any atom is 0.242 e. The van der Waals surface area contributed by atoms with Crippen LogP contribution in [0.4, 0.5) is 0 Å². The number of aromatic hydroxyl groups is 2. The fourth-order valence-electron chi connectivity index (χ4n) is 3.65. The zero-order chi connectivity index (χ0) is 24.4. The molecular formula is C26H36N2O4. The first kappa shape index (κ1) is 25.2. The second-order valence-corrected chi connectivity index (χ2v) is 10.6. The molecule has 0 fully saturated rings. The summed E-state index contributed by atoms with van der Waals surface area (Å²) in [5.41, 5.74) is 8.92. The molecule has 0 radical (unpaired) electrons. The van der Waals surface area contributed by atoms with E-state index in [9.17, 15) is 19.8 Å². The second-order valence-electron chi connectivity index (χ2n) is 10.6. The van der Waals surface area contributed by atoms with Gasteiger partial charge in [-0.1, -0.05) is 65.8 Å². The summed E-state index contributed by atoms with van der Waals surface area (Å²) in [5, 5.41) is 20.7. The highest BCUT2D eigenvalue weighted by Gasteiger charge is 2.22. The molecule has 6 heteroatoms. The summed E-state index contributed by atoms with van der Waals surface area (Å²) in [5.74, 6) is -0.205. The van der Waals surface area contributed by atoms with Gasteiger partial charge < -0.3 is 10.2 Å². The molecule has 0 bridgehead atoms. The molecule has 0 saturated carbocycles. The van der Waals surface area contributed by atoms with Gasteiger partial charge in [0.25, 0.3) is 0 Å². The standard InChI is InChI=1S/C26H36N2O4/c1-15-9-17(11-19(23(15)31)25(3,4)5)13-21(29)27-28-22(30)14-18-10-16(2)24(32)20(12-18)26(6,7)8/h9-12,31-32H,13-14H2,1-8H3,(H,27,29)(H,28,30). The second kappa shape index (κ2) is 9.23. The molecule has 2 aromatic carbocycles. The molecular weight excluding hydrogens is 404 g/mol. The fraction of sp³-hybridized carbons (Fsp3) is 0.462. The fourth-order valence-corrected chi connectivity index (χ4v) is 3.65. The molecule has 0 spiro atoms. The van der Waals surface area contributed by atoms with E-state index in [-0.39, 0.29) is 47.0 Å². The molecule has 0 aromatic heterocycles. The van der Waals surface area contributed by atoms with Crippen LogP contribution in [0, 0.1) is 13.8 Å². The zero-order valence-electron chi connectivity index (χ0n) is 20.4. The highest BCUT2D eigenvalue weighted by molar-refractivity contribution is 5.84. The summed E-state index contributed by atoms with van der Waals surface area (Å²) < 4.78 is 0.